The van der Waals surface area contributed by atoms with Gasteiger partial charge in [0.05, 0.1) is 0 Å². The quantitative estimate of drug-likeness (QED) is 0.823. The van der Waals surface area contributed by atoms with E-state index in [4.69, 9.17) is 4.74 Å². The van der Waals surface area contributed by atoms with Crippen LogP contribution < -0.4 is 0 Å². The van der Waals surface area contributed by atoms with E-state index in [0.29, 0.717) is 24.3 Å². The van der Waals surface area contributed by atoms with Crippen molar-refractivity contribution in [3.8, 4) is 0 Å². The van der Waals surface area contributed by atoms with E-state index < -0.39 is 5.60 Å². The minimum absolute atomic E-state index is 0.204. The Morgan fingerprint density at radius 1 is 1.33 bits per heavy atom. The summed E-state index contributed by atoms with van der Waals surface area (Å²) in [7, 11) is 0. The number of piperidine rings is 1. The van der Waals surface area contributed by atoms with Gasteiger partial charge < -0.3 is 14.7 Å². The Hall–Kier alpha value is -0.770. The highest BCUT2D eigenvalue weighted by atomic mass is 16.6. The first-order valence-corrected chi connectivity index (χ1v) is 6.99. The summed E-state index contributed by atoms with van der Waals surface area (Å²) >= 11 is 0. The van der Waals surface area contributed by atoms with Crippen LogP contribution in [0.15, 0.2) is 0 Å². The van der Waals surface area contributed by atoms with Gasteiger partial charge in [0.15, 0.2) is 0 Å². The Balaban J connectivity index is 1.93. The van der Waals surface area contributed by atoms with Gasteiger partial charge in [0.2, 0.25) is 0 Å². The average molecular weight is 255 g/mol. The van der Waals surface area contributed by atoms with Crippen LogP contribution in [0.2, 0.25) is 0 Å². The Labute approximate surface area is 109 Å². The molecule has 1 saturated carbocycles. The number of aliphatic hydroxyl groups excluding tert-OH is 1. The van der Waals surface area contributed by atoms with Crippen molar-refractivity contribution in [2.45, 2.75) is 45.6 Å². The average Bonchev–Trinajstić information content (AvgIpc) is 3.09. The number of amides is 1. The second kappa shape index (κ2) is 5.08. The molecule has 0 aromatic rings. The Bertz CT molecular complexity index is 307. The highest BCUT2D eigenvalue weighted by molar-refractivity contribution is 5.68. The van der Waals surface area contributed by atoms with Crippen LogP contribution >= 0.6 is 0 Å². The molecule has 18 heavy (non-hydrogen) atoms. The Morgan fingerprint density at radius 3 is 2.50 bits per heavy atom. The molecule has 0 spiro atoms. The molecule has 1 amide bonds. The lowest BCUT2D eigenvalue weighted by molar-refractivity contribution is 0.00213. The zero-order valence-corrected chi connectivity index (χ0v) is 11.7. The van der Waals surface area contributed by atoms with Crippen LogP contribution in [0.25, 0.3) is 0 Å². The van der Waals surface area contributed by atoms with Gasteiger partial charge in [-0.15, -0.1) is 0 Å². The lowest BCUT2D eigenvalue weighted by atomic mass is 9.83. The number of likely N-dealkylation sites (tertiary alicyclic amines) is 1. The molecule has 0 aromatic carbocycles. The molecule has 4 heteroatoms. The van der Waals surface area contributed by atoms with Gasteiger partial charge in [-0.25, -0.2) is 4.79 Å². The molecule has 1 N–H and O–H groups in total. The van der Waals surface area contributed by atoms with E-state index in [1.165, 1.54) is 12.8 Å². The minimum Gasteiger partial charge on any atom is -0.444 e. The largest absolute Gasteiger partial charge is 0.444 e. The summed E-state index contributed by atoms with van der Waals surface area (Å²) in [6.45, 7) is 7.40. The molecular formula is C14H25NO3. The highest BCUT2D eigenvalue weighted by Crippen LogP contribution is 2.43. The van der Waals surface area contributed by atoms with Gasteiger partial charge in [-0.3, -0.25) is 0 Å². The molecule has 1 aliphatic heterocycles. The number of hydrogen-bond acceptors (Lipinski definition) is 3. The minimum atomic E-state index is -0.431. The number of aliphatic hydroxyl groups is 1. The van der Waals surface area contributed by atoms with Crippen molar-refractivity contribution in [2.24, 2.45) is 17.8 Å². The zero-order valence-electron chi connectivity index (χ0n) is 11.7. The van der Waals surface area contributed by atoms with Crippen LogP contribution in [0.3, 0.4) is 0 Å². The van der Waals surface area contributed by atoms with Gasteiger partial charge >= 0.3 is 6.09 Å². The van der Waals surface area contributed by atoms with E-state index in [-0.39, 0.29) is 12.7 Å². The van der Waals surface area contributed by atoms with Crippen LogP contribution in [0.1, 0.15) is 40.0 Å². The summed E-state index contributed by atoms with van der Waals surface area (Å²) in [5, 5.41) is 9.41. The number of rotatable bonds is 2. The molecule has 1 heterocycles. The second-order valence-electron chi connectivity index (χ2n) is 6.66. The van der Waals surface area contributed by atoms with Crippen LogP contribution in [0.5, 0.6) is 0 Å². The SMILES string of the molecule is CC(C)(C)OC(=O)N1CC[C@H](CO)[C@H](C2CC2)C1. The Morgan fingerprint density at radius 2 is 2.00 bits per heavy atom. The first-order chi connectivity index (χ1) is 8.40. The maximum Gasteiger partial charge on any atom is 0.410 e. The fourth-order valence-electron chi connectivity index (χ4n) is 2.81. The molecule has 1 saturated heterocycles. The normalized spacial score (nSPS) is 29.2. The number of carbonyl (C=O) groups is 1. The van der Waals surface area contributed by atoms with Gasteiger partial charge in [-0.05, 0) is 57.8 Å². The van der Waals surface area contributed by atoms with Crippen LogP contribution in [-0.2, 0) is 4.74 Å². The standard InChI is InChI=1S/C14H25NO3/c1-14(2,3)18-13(17)15-7-6-11(9-16)12(8-15)10-4-5-10/h10-12,16H,4-9H2,1-3H3/t11-,12+/m1/s1. The third-order valence-corrected chi connectivity index (χ3v) is 3.92. The first-order valence-electron chi connectivity index (χ1n) is 6.99. The first kappa shape index (κ1) is 13.7. The van der Waals surface area contributed by atoms with Crippen LogP contribution in [-0.4, -0.2) is 41.4 Å². The topological polar surface area (TPSA) is 49.8 Å². The molecule has 2 atom stereocenters. The van der Waals surface area contributed by atoms with Crippen molar-refractivity contribution < 1.29 is 14.6 Å². The lowest BCUT2D eigenvalue weighted by Gasteiger charge is -2.38. The monoisotopic (exact) mass is 255 g/mol. The van der Waals surface area contributed by atoms with Crippen molar-refractivity contribution >= 4 is 6.09 Å². The van der Waals surface area contributed by atoms with Crippen molar-refractivity contribution in [1.82, 2.24) is 4.90 Å². The zero-order chi connectivity index (χ0) is 13.3. The Kier molecular flexibility index (Phi) is 3.85. The lowest BCUT2D eigenvalue weighted by Crippen LogP contribution is -2.47. The predicted molar refractivity (Wildman–Crippen MR) is 69.2 cm³/mol. The smallest absolute Gasteiger partial charge is 0.410 e. The van der Waals surface area contributed by atoms with E-state index in [1.807, 2.05) is 25.7 Å². The number of carbonyl (C=O) groups excluding carboxylic acids is 1. The summed E-state index contributed by atoms with van der Waals surface area (Å²) in [6, 6.07) is 0. The van der Waals surface area contributed by atoms with Gasteiger partial charge in [0.1, 0.15) is 5.60 Å². The summed E-state index contributed by atoms with van der Waals surface area (Å²) < 4.78 is 5.42. The van der Waals surface area contributed by atoms with Crippen molar-refractivity contribution in [3.63, 3.8) is 0 Å². The summed E-state index contributed by atoms with van der Waals surface area (Å²) in [5.41, 5.74) is -0.431. The molecule has 104 valence electrons. The predicted octanol–water partition coefficient (Wildman–Crippen LogP) is 2.26. The molecule has 0 bridgehead atoms. The van der Waals surface area contributed by atoms with Crippen molar-refractivity contribution in [2.75, 3.05) is 19.7 Å². The fourth-order valence-corrected chi connectivity index (χ4v) is 2.81. The van der Waals surface area contributed by atoms with Crippen LogP contribution in [0.4, 0.5) is 4.79 Å². The van der Waals surface area contributed by atoms with Crippen molar-refractivity contribution in [3.05, 3.63) is 0 Å². The van der Waals surface area contributed by atoms with Gasteiger partial charge in [0.25, 0.3) is 0 Å². The number of nitrogens with zero attached hydrogens (tertiary/aromatic N) is 1. The molecule has 2 aliphatic rings. The van der Waals surface area contributed by atoms with Gasteiger partial charge in [-0.2, -0.15) is 0 Å². The maximum absolute atomic E-state index is 12.0. The third kappa shape index (κ3) is 3.37. The molecule has 1 aliphatic carbocycles. The third-order valence-electron chi connectivity index (χ3n) is 3.92. The molecule has 2 rings (SSSR count). The number of ether oxygens (including phenoxy) is 1. The van der Waals surface area contributed by atoms with E-state index >= 15 is 0 Å². The molecule has 4 nitrogen and oxygen atoms in total. The second-order valence-corrected chi connectivity index (χ2v) is 6.66. The fraction of sp³-hybridized carbons (Fsp3) is 0.929. The summed E-state index contributed by atoms with van der Waals surface area (Å²) in [4.78, 5) is 13.9. The molecular weight excluding hydrogens is 230 g/mol. The van der Waals surface area contributed by atoms with Crippen LogP contribution in [0, 0.1) is 17.8 Å². The maximum atomic E-state index is 12.0. The van der Waals surface area contributed by atoms with Crippen molar-refractivity contribution in [1.29, 1.82) is 0 Å². The number of hydrogen-bond donors (Lipinski definition) is 1. The van der Waals surface area contributed by atoms with Gasteiger partial charge in [-0.1, -0.05) is 0 Å². The summed E-state index contributed by atoms with van der Waals surface area (Å²) in [5.74, 6) is 1.56. The van der Waals surface area contributed by atoms with E-state index in [0.717, 1.165) is 13.0 Å². The molecule has 2 fully saturated rings. The summed E-state index contributed by atoms with van der Waals surface area (Å²) in [6.07, 6.45) is 3.20. The van der Waals surface area contributed by atoms with E-state index in [1.54, 1.807) is 0 Å². The molecule has 0 unspecified atom stereocenters. The van der Waals surface area contributed by atoms with Gasteiger partial charge in [0, 0.05) is 19.7 Å². The van der Waals surface area contributed by atoms with E-state index in [9.17, 15) is 9.90 Å². The molecule has 0 aromatic heterocycles. The highest BCUT2D eigenvalue weighted by Gasteiger charge is 2.41. The molecule has 0 radical (unpaired) electrons. The van der Waals surface area contributed by atoms with E-state index in [2.05, 4.69) is 0 Å².